The van der Waals surface area contributed by atoms with Crippen molar-refractivity contribution in [1.29, 1.82) is 0 Å². The van der Waals surface area contributed by atoms with Crippen molar-refractivity contribution in [2.45, 2.75) is 19.6 Å². The largest absolute Gasteiger partial charge is 0.375 e. The Morgan fingerprint density at radius 1 is 1.40 bits per heavy atom. The normalized spacial score (nSPS) is 19.3. The summed E-state index contributed by atoms with van der Waals surface area (Å²) < 4.78 is 5.59. The van der Waals surface area contributed by atoms with Gasteiger partial charge in [-0.3, -0.25) is 0 Å². The highest BCUT2D eigenvalue weighted by Gasteiger charge is 2.21. The summed E-state index contributed by atoms with van der Waals surface area (Å²) >= 11 is 1.70. The number of anilines is 1. The zero-order valence-electron chi connectivity index (χ0n) is 11.6. The summed E-state index contributed by atoms with van der Waals surface area (Å²) in [5.41, 5.74) is 8.04. The second-order valence-electron chi connectivity index (χ2n) is 4.97. The number of hydrogen-bond donors (Lipinski definition) is 1. The van der Waals surface area contributed by atoms with Crippen molar-refractivity contribution in [2.75, 3.05) is 24.6 Å². The first-order chi connectivity index (χ1) is 9.78. The zero-order chi connectivity index (χ0) is 13.9. The Labute approximate surface area is 123 Å². The topological polar surface area (TPSA) is 51.4 Å². The summed E-state index contributed by atoms with van der Waals surface area (Å²) in [7, 11) is 0. The Kier molecular flexibility index (Phi) is 4.00. The smallest absolute Gasteiger partial charge is 0.186 e. The van der Waals surface area contributed by atoms with Gasteiger partial charge in [-0.25, -0.2) is 4.98 Å². The third-order valence-electron chi connectivity index (χ3n) is 3.43. The first-order valence-electron chi connectivity index (χ1n) is 6.89. The highest BCUT2D eigenvalue weighted by atomic mass is 32.1. The van der Waals surface area contributed by atoms with Crippen LogP contribution in [-0.2, 0) is 11.3 Å². The van der Waals surface area contributed by atoms with E-state index in [0.29, 0.717) is 6.54 Å². The number of nitrogens with zero attached hydrogens (tertiary/aromatic N) is 2. The number of ether oxygens (including phenoxy) is 1. The van der Waals surface area contributed by atoms with Gasteiger partial charge in [0, 0.05) is 30.1 Å². The van der Waals surface area contributed by atoms with Gasteiger partial charge in [-0.15, -0.1) is 0 Å². The second-order valence-corrected chi connectivity index (χ2v) is 6.03. The minimum absolute atomic E-state index is 0.258. The van der Waals surface area contributed by atoms with Gasteiger partial charge in [-0.2, -0.15) is 0 Å². The van der Waals surface area contributed by atoms with Gasteiger partial charge < -0.3 is 15.4 Å². The Bertz CT molecular complexity index is 570. The van der Waals surface area contributed by atoms with Crippen LogP contribution in [0.2, 0.25) is 0 Å². The van der Waals surface area contributed by atoms with Crippen LogP contribution in [0.15, 0.2) is 30.3 Å². The van der Waals surface area contributed by atoms with Gasteiger partial charge in [-0.1, -0.05) is 41.7 Å². The molecule has 0 spiro atoms. The molecule has 0 radical (unpaired) electrons. The fourth-order valence-electron chi connectivity index (χ4n) is 2.43. The molecular weight excluding hydrogens is 270 g/mol. The maximum absolute atomic E-state index is 5.89. The Balaban J connectivity index is 1.92. The monoisotopic (exact) mass is 289 g/mol. The number of aromatic nitrogens is 1. The van der Waals surface area contributed by atoms with E-state index in [1.807, 2.05) is 18.2 Å². The van der Waals surface area contributed by atoms with Gasteiger partial charge in [0.2, 0.25) is 0 Å². The third-order valence-corrected chi connectivity index (χ3v) is 4.57. The molecule has 1 aromatic carbocycles. The Hall–Kier alpha value is -1.43. The van der Waals surface area contributed by atoms with E-state index in [1.165, 1.54) is 0 Å². The fraction of sp³-hybridized carbons (Fsp3) is 0.400. The van der Waals surface area contributed by atoms with Crippen molar-refractivity contribution in [3.63, 3.8) is 0 Å². The molecule has 1 fully saturated rings. The maximum atomic E-state index is 5.89. The van der Waals surface area contributed by atoms with Crippen LogP contribution in [-0.4, -0.2) is 30.8 Å². The van der Waals surface area contributed by atoms with E-state index in [2.05, 4.69) is 24.0 Å². The van der Waals surface area contributed by atoms with Gasteiger partial charge in [0.15, 0.2) is 5.13 Å². The van der Waals surface area contributed by atoms with E-state index in [0.717, 1.165) is 41.0 Å². The van der Waals surface area contributed by atoms with Crippen LogP contribution in [0.1, 0.15) is 11.8 Å². The standard InChI is InChI=1S/C15H19N3OS/c1-11-10-18(7-8-19-11)15-17-14(13(9-16)20-15)12-5-3-2-4-6-12/h2-6,11H,7-10,16H2,1H3. The van der Waals surface area contributed by atoms with E-state index in [4.69, 9.17) is 15.5 Å². The molecule has 1 aliphatic heterocycles. The predicted molar refractivity (Wildman–Crippen MR) is 83.1 cm³/mol. The van der Waals surface area contributed by atoms with Crippen LogP contribution in [0.5, 0.6) is 0 Å². The van der Waals surface area contributed by atoms with E-state index in [1.54, 1.807) is 11.3 Å². The molecule has 20 heavy (non-hydrogen) atoms. The number of nitrogens with two attached hydrogens (primary N) is 1. The van der Waals surface area contributed by atoms with E-state index >= 15 is 0 Å². The van der Waals surface area contributed by atoms with E-state index < -0.39 is 0 Å². The summed E-state index contributed by atoms with van der Waals surface area (Å²) in [4.78, 5) is 8.26. The quantitative estimate of drug-likeness (QED) is 0.943. The van der Waals surface area contributed by atoms with Gasteiger partial charge in [0.25, 0.3) is 0 Å². The minimum Gasteiger partial charge on any atom is -0.375 e. The Morgan fingerprint density at radius 2 is 2.20 bits per heavy atom. The SMILES string of the molecule is CC1CN(c2nc(-c3ccccc3)c(CN)s2)CCO1. The predicted octanol–water partition coefficient (Wildman–Crippen LogP) is 2.49. The minimum atomic E-state index is 0.258. The van der Waals surface area contributed by atoms with Crippen molar-refractivity contribution in [3.8, 4) is 11.3 Å². The van der Waals surface area contributed by atoms with Crippen LogP contribution in [0.4, 0.5) is 5.13 Å². The molecule has 2 N–H and O–H groups in total. The lowest BCUT2D eigenvalue weighted by molar-refractivity contribution is 0.0532. The molecule has 0 bridgehead atoms. The maximum Gasteiger partial charge on any atom is 0.186 e. The van der Waals surface area contributed by atoms with Crippen LogP contribution in [0, 0.1) is 0 Å². The molecule has 4 nitrogen and oxygen atoms in total. The molecule has 1 aliphatic rings. The summed E-state index contributed by atoms with van der Waals surface area (Å²) in [5.74, 6) is 0. The average molecular weight is 289 g/mol. The highest BCUT2D eigenvalue weighted by molar-refractivity contribution is 7.16. The van der Waals surface area contributed by atoms with Gasteiger partial charge in [-0.05, 0) is 6.92 Å². The molecule has 5 heteroatoms. The average Bonchev–Trinajstić information content (AvgIpc) is 2.92. The number of benzene rings is 1. The molecule has 2 aromatic rings. The van der Waals surface area contributed by atoms with E-state index in [9.17, 15) is 0 Å². The van der Waals surface area contributed by atoms with E-state index in [-0.39, 0.29) is 6.10 Å². The molecule has 0 saturated carbocycles. The molecule has 1 atom stereocenters. The molecule has 1 aromatic heterocycles. The summed E-state index contributed by atoms with van der Waals surface area (Å²) in [6.45, 7) is 5.19. The lowest BCUT2D eigenvalue weighted by Gasteiger charge is -2.30. The first-order valence-corrected chi connectivity index (χ1v) is 7.71. The number of morpholine rings is 1. The second kappa shape index (κ2) is 5.91. The molecule has 1 saturated heterocycles. The van der Waals surface area contributed by atoms with Crippen LogP contribution in [0.3, 0.4) is 0 Å². The molecule has 0 amide bonds. The van der Waals surface area contributed by atoms with Crippen molar-refractivity contribution < 1.29 is 4.74 Å². The van der Waals surface area contributed by atoms with Crippen molar-refractivity contribution in [3.05, 3.63) is 35.2 Å². The Morgan fingerprint density at radius 3 is 2.90 bits per heavy atom. The molecule has 2 heterocycles. The van der Waals surface area contributed by atoms with Crippen molar-refractivity contribution in [1.82, 2.24) is 4.98 Å². The van der Waals surface area contributed by atoms with Crippen molar-refractivity contribution >= 4 is 16.5 Å². The fourth-order valence-corrected chi connectivity index (χ4v) is 3.42. The highest BCUT2D eigenvalue weighted by Crippen LogP contribution is 2.33. The molecule has 3 rings (SSSR count). The number of hydrogen-bond acceptors (Lipinski definition) is 5. The third kappa shape index (κ3) is 2.70. The molecular formula is C15H19N3OS. The van der Waals surface area contributed by atoms with Crippen LogP contribution < -0.4 is 10.6 Å². The number of rotatable bonds is 3. The zero-order valence-corrected chi connectivity index (χ0v) is 12.4. The van der Waals surface area contributed by atoms with Crippen molar-refractivity contribution in [2.24, 2.45) is 5.73 Å². The number of thiazole rings is 1. The summed E-state index contributed by atoms with van der Waals surface area (Å²) in [5, 5.41) is 1.06. The van der Waals surface area contributed by atoms with Gasteiger partial charge >= 0.3 is 0 Å². The van der Waals surface area contributed by atoms with Crippen LogP contribution >= 0.6 is 11.3 Å². The molecule has 1 unspecified atom stereocenters. The summed E-state index contributed by atoms with van der Waals surface area (Å²) in [6.07, 6.45) is 0.258. The van der Waals surface area contributed by atoms with Gasteiger partial charge in [0.1, 0.15) is 0 Å². The van der Waals surface area contributed by atoms with Crippen LogP contribution in [0.25, 0.3) is 11.3 Å². The lowest BCUT2D eigenvalue weighted by atomic mass is 10.1. The summed E-state index contributed by atoms with van der Waals surface area (Å²) in [6, 6.07) is 10.2. The molecule has 106 valence electrons. The lowest BCUT2D eigenvalue weighted by Crippen LogP contribution is -2.41. The molecule has 0 aliphatic carbocycles. The van der Waals surface area contributed by atoms with Gasteiger partial charge in [0.05, 0.1) is 18.4 Å². The first kappa shape index (κ1) is 13.5.